The Bertz CT molecular complexity index is 1570. The van der Waals surface area contributed by atoms with E-state index in [2.05, 4.69) is 5.32 Å². The normalized spacial score (nSPS) is 14.8. The van der Waals surface area contributed by atoms with Gasteiger partial charge in [0.15, 0.2) is 5.75 Å². The first kappa shape index (κ1) is 24.8. The molecule has 6 nitrogen and oxygen atoms in total. The lowest BCUT2D eigenvalue weighted by Crippen LogP contribution is -2.54. The summed E-state index contributed by atoms with van der Waals surface area (Å²) in [7, 11) is 0. The molecule has 0 saturated carbocycles. The lowest BCUT2D eigenvalue weighted by atomic mass is 10.1. The fraction of sp³-hybridized carbons (Fsp3) is 0.0357. The average Bonchev–Trinajstić information content (AvgIpc) is 2.87. The van der Waals surface area contributed by atoms with Gasteiger partial charge in [-0.25, -0.2) is 9.69 Å². The van der Waals surface area contributed by atoms with E-state index in [4.69, 9.17) is 39.5 Å². The minimum atomic E-state index is -0.859. The highest BCUT2D eigenvalue weighted by Crippen LogP contribution is 2.36. The fourth-order valence-electron chi connectivity index (χ4n) is 4.02. The van der Waals surface area contributed by atoms with Crippen LogP contribution in [0.1, 0.15) is 11.1 Å². The minimum absolute atomic E-state index is 0.203. The Morgan fingerprint density at radius 2 is 1.51 bits per heavy atom. The highest BCUT2D eigenvalue weighted by atomic mass is 35.5. The molecular formula is C28H17Cl3N2O4. The van der Waals surface area contributed by atoms with Crippen LogP contribution in [0.4, 0.5) is 10.5 Å². The van der Waals surface area contributed by atoms with E-state index in [1.165, 1.54) is 42.5 Å². The number of imide groups is 2. The molecule has 9 heteroatoms. The summed E-state index contributed by atoms with van der Waals surface area (Å²) < 4.78 is 5.95. The molecule has 0 radical (unpaired) electrons. The third-order valence-corrected chi connectivity index (χ3v) is 6.58. The van der Waals surface area contributed by atoms with E-state index in [1.807, 2.05) is 42.5 Å². The van der Waals surface area contributed by atoms with Crippen molar-refractivity contribution >= 4 is 75.2 Å². The Kier molecular flexibility index (Phi) is 6.89. The van der Waals surface area contributed by atoms with Crippen molar-refractivity contribution in [1.29, 1.82) is 0 Å². The van der Waals surface area contributed by atoms with Crippen molar-refractivity contribution in [3.05, 3.63) is 111 Å². The topological polar surface area (TPSA) is 75.7 Å². The molecule has 1 fully saturated rings. The van der Waals surface area contributed by atoms with Crippen LogP contribution < -0.4 is 15.0 Å². The van der Waals surface area contributed by atoms with Crippen LogP contribution in [0.15, 0.2) is 84.4 Å². The van der Waals surface area contributed by atoms with E-state index in [0.29, 0.717) is 10.6 Å². The molecule has 0 spiro atoms. The molecule has 0 aliphatic carbocycles. The van der Waals surface area contributed by atoms with Gasteiger partial charge in [-0.1, -0.05) is 77.3 Å². The van der Waals surface area contributed by atoms with Crippen LogP contribution in [0.3, 0.4) is 0 Å². The van der Waals surface area contributed by atoms with E-state index < -0.39 is 17.8 Å². The minimum Gasteiger partial charge on any atom is -0.486 e. The quantitative estimate of drug-likeness (QED) is 0.213. The summed E-state index contributed by atoms with van der Waals surface area (Å²) in [5.41, 5.74) is 1.36. The number of benzene rings is 4. The largest absolute Gasteiger partial charge is 0.486 e. The monoisotopic (exact) mass is 550 g/mol. The summed E-state index contributed by atoms with van der Waals surface area (Å²) in [4.78, 5) is 38.8. The molecule has 1 aliphatic rings. The molecule has 4 aromatic rings. The molecule has 4 amide bonds. The lowest BCUT2D eigenvalue weighted by Gasteiger charge is -2.26. The second-order valence-corrected chi connectivity index (χ2v) is 9.43. The smallest absolute Gasteiger partial charge is 0.335 e. The average molecular weight is 552 g/mol. The molecule has 184 valence electrons. The number of urea groups is 1. The van der Waals surface area contributed by atoms with Gasteiger partial charge in [0.05, 0.1) is 15.7 Å². The molecule has 0 bridgehead atoms. The number of carbonyl (C=O) groups excluding carboxylic acids is 3. The number of hydrogen-bond donors (Lipinski definition) is 1. The van der Waals surface area contributed by atoms with Crippen LogP contribution in [-0.4, -0.2) is 17.8 Å². The molecule has 1 heterocycles. The SMILES string of the molecule is O=C1NC(=O)N(c2ccc(Cl)cc2)C(=O)/C1=C/c1cc(Cl)c(OCc2cccc3ccccc23)c(Cl)c1. The zero-order valence-corrected chi connectivity index (χ0v) is 21.3. The highest BCUT2D eigenvalue weighted by molar-refractivity contribution is 6.40. The van der Waals surface area contributed by atoms with Crippen LogP contribution in [0, 0.1) is 0 Å². The van der Waals surface area contributed by atoms with Gasteiger partial charge in [-0.05, 0) is 64.4 Å². The summed E-state index contributed by atoms with van der Waals surface area (Å²) >= 11 is 18.8. The van der Waals surface area contributed by atoms with Crippen LogP contribution in [0.2, 0.25) is 15.1 Å². The van der Waals surface area contributed by atoms with Gasteiger partial charge in [-0.3, -0.25) is 14.9 Å². The van der Waals surface area contributed by atoms with Gasteiger partial charge in [0.1, 0.15) is 12.2 Å². The highest BCUT2D eigenvalue weighted by Gasteiger charge is 2.36. The van der Waals surface area contributed by atoms with Crippen LogP contribution in [0.25, 0.3) is 16.8 Å². The van der Waals surface area contributed by atoms with Gasteiger partial charge < -0.3 is 4.74 Å². The molecule has 0 aromatic heterocycles. The predicted octanol–water partition coefficient (Wildman–Crippen LogP) is 7.05. The Hall–Kier alpha value is -3.84. The van der Waals surface area contributed by atoms with Gasteiger partial charge in [-0.2, -0.15) is 0 Å². The summed E-state index contributed by atoms with van der Waals surface area (Å²) in [5, 5.41) is 5.16. The summed E-state index contributed by atoms with van der Waals surface area (Å²) in [5.74, 6) is -1.35. The molecule has 37 heavy (non-hydrogen) atoms. The first-order chi connectivity index (χ1) is 17.8. The Morgan fingerprint density at radius 1 is 0.838 bits per heavy atom. The van der Waals surface area contributed by atoms with E-state index in [0.717, 1.165) is 21.2 Å². The number of ether oxygens (including phenoxy) is 1. The van der Waals surface area contributed by atoms with Crippen molar-refractivity contribution in [2.45, 2.75) is 6.61 Å². The summed E-state index contributed by atoms with van der Waals surface area (Å²) in [6.45, 7) is 0.236. The molecule has 1 N–H and O–H groups in total. The van der Waals surface area contributed by atoms with Crippen LogP contribution in [-0.2, 0) is 16.2 Å². The number of anilines is 1. The summed E-state index contributed by atoms with van der Waals surface area (Å²) in [6.07, 6.45) is 1.32. The van der Waals surface area contributed by atoms with Crippen molar-refractivity contribution in [3.63, 3.8) is 0 Å². The Balaban J connectivity index is 1.41. The van der Waals surface area contributed by atoms with Gasteiger partial charge in [0.25, 0.3) is 11.8 Å². The van der Waals surface area contributed by atoms with E-state index in [1.54, 1.807) is 0 Å². The van der Waals surface area contributed by atoms with Crippen molar-refractivity contribution in [2.24, 2.45) is 0 Å². The number of nitrogens with zero attached hydrogens (tertiary/aromatic N) is 1. The number of hydrogen-bond acceptors (Lipinski definition) is 4. The number of barbiturate groups is 1. The maximum atomic E-state index is 13.1. The number of carbonyl (C=O) groups is 3. The number of rotatable bonds is 5. The zero-order chi connectivity index (χ0) is 26.1. The van der Waals surface area contributed by atoms with Gasteiger partial charge in [-0.15, -0.1) is 0 Å². The van der Waals surface area contributed by atoms with Gasteiger partial charge in [0, 0.05) is 5.02 Å². The Morgan fingerprint density at radius 3 is 2.24 bits per heavy atom. The molecule has 1 aliphatic heterocycles. The fourth-order valence-corrected chi connectivity index (χ4v) is 4.76. The van der Waals surface area contributed by atoms with Crippen molar-refractivity contribution < 1.29 is 19.1 Å². The maximum Gasteiger partial charge on any atom is 0.335 e. The van der Waals surface area contributed by atoms with Crippen molar-refractivity contribution in [2.75, 3.05) is 4.90 Å². The van der Waals surface area contributed by atoms with E-state index in [-0.39, 0.29) is 33.7 Å². The number of amides is 4. The van der Waals surface area contributed by atoms with Crippen molar-refractivity contribution in [3.8, 4) is 5.75 Å². The van der Waals surface area contributed by atoms with Crippen LogP contribution in [0.5, 0.6) is 5.75 Å². The van der Waals surface area contributed by atoms with Crippen molar-refractivity contribution in [1.82, 2.24) is 5.32 Å². The maximum absolute atomic E-state index is 13.1. The molecule has 0 atom stereocenters. The van der Waals surface area contributed by atoms with Gasteiger partial charge >= 0.3 is 6.03 Å². The summed E-state index contributed by atoms with van der Waals surface area (Å²) in [6, 6.07) is 22.2. The number of halogens is 3. The standard InChI is InChI=1S/C28H17Cl3N2O4/c29-19-8-10-20(11-9-19)33-27(35)22(26(34)32-28(33)36)12-16-13-23(30)25(24(31)14-16)37-15-18-6-3-5-17-4-1-2-7-21(17)18/h1-14H,15H2,(H,32,34,36)/b22-12+. The zero-order valence-electron chi connectivity index (χ0n) is 19.0. The first-order valence-electron chi connectivity index (χ1n) is 11.1. The number of fused-ring (bicyclic) bond motifs is 1. The van der Waals surface area contributed by atoms with E-state index in [9.17, 15) is 14.4 Å². The van der Waals surface area contributed by atoms with E-state index >= 15 is 0 Å². The third-order valence-electron chi connectivity index (χ3n) is 5.77. The number of nitrogens with one attached hydrogen (secondary N) is 1. The third kappa shape index (κ3) is 5.04. The molecule has 4 aromatic carbocycles. The Labute approximate surface area is 227 Å². The van der Waals surface area contributed by atoms with Crippen LogP contribution >= 0.6 is 34.8 Å². The van der Waals surface area contributed by atoms with Gasteiger partial charge in [0.2, 0.25) is 0 Å². The molecule has 0 unspecified atom stereocenters. The second-order valence-electron chi connectivity index (χ2n) is 8.17. The lowest BCUT2D eigenvalue weighted by molar-refractivity contribution is -0.122. The predicted molar refractivity (Wildman–Crippen MR) is 145 cm³/mol. The first-order valence-corrected chi connectivity index (χ1v) is 12.2. The molecule has 1 saturated heterocycles. The molecular weight excluding hydrogens is 535 g/mol. The molecule has 5 rings (SSSR count). The second kappa shape index (κ2) is 10.3.